The van der Waals surface area contributed by atoms with E-state index in [9.17, 15) is 4.79 Å². The number of aryl methyl sites for hydroxylation is 1. The van der Waals surface area contributed by atoms with E-state index < -0.39 is 5.97 Å². The summed E-state index contributed by atoms with van der Waals surface area (Å²) < 4.78 is 0. The molecule has 4 aliphatic rings. The number of anilines is 2. The number of benzene rings is 1. The zero-order valence-corrected chi connectivity index (χ0v) is 18.0. The first-order valence-corrected chi connectivity index (χ1v) is 11.5. The number of nitrogen functional groups attached to an aromatic ring is 1. The molecule has 5 heteroatoms. The lowest BCUT2D eigenvalue weighted by molar-refractivity contribution is -0.143. The van der Waals surface area contributed by atoms with E-state index in [-0.39, 0.29) is 5.92 Å². The van der Waals surface area contributed by atoms with Crippen LogP contribution in [0.15, 0.2) is 18.2 Å². The van der Waals surface area contributed by atoms with Crippen LogP contribution in [0.1, 0.15) is 57.4 Å². The van der Waals surface area contributed by atoms with Gasteiger partial charge in [0.05, 0.1) is 5.92 Å². The summed E-state index contributed by atoms with van der Waals surface area (Å²) in [6, 6.07) is 7.95. The lowest BCUT2D eigenvalue weighted by atomic mass is 9.89. The average Bonchev–Trinajstić information content (AvgIpc) is 3.48. The van der Waals surface area contributed by atoms with Gasteiger partial charge < -0.3 is 15.7 Å². The van der Waals surface area contributed by atoms with E-state index in [1.54, 1.807) is 0 Å². The first-order valence-electron chi connectivity index (χ1n) is 11.5. The average molecular weight is 400 g/mol. The summed E-state index contributed by atoms with van der Waals surface area (Å²) in [4.78, 5) is 15.8. The molecule has 2 aliphatic heterocycles. The number of hydrogen-bond acceptors (Lipinski definition) is 4. The van der Waals surface area contributed by atoms with E-state index in [2.05, 4.69) is 35.8 Å². The maximum Gasteiger partial charge on any atom is 0.306 e. The maximum absolute atomic E-state index is 10.6. The molecule has 5 nitrogen and oxygen atoms in total. The Labute approximate surface area is 175 Å². The molecule has 2 saturated carbocycles. The molecule has 1 aromatic carbocycles. The fourth-order valence-corrected chi connectivity index (χ4v) is 6.15. The predicted molar refractivity (Wildman–Crippen MR) is 118 cm³/mol. The highest BCUT2D eigenvalue weighted by atomic mass is 16.4. The molecule has 0 spiro atoms. The van der Waals surface area contributed by atoms with Gasteiger partial charge in [0.15, 0.2) is 0 Å². The van der Waals surface area contributed by atoms with Crippen molar-refractivity contribution in [2.24, 2.45) is 17.8 Å². The number of fused-ring (bicyclic) bond motifs is 2. The largest absolute Gasteiger partial charge is 0.481 e. The molecule has 0 radical (unpaired) electrons. The highest BCUT2D eigenvalue weighted by Crippen LogP contribution is 2.48. The fraction of sp³-hybridized carbons (Fsp3) is 0.708. The minimum atomic E-state index is -0.563. The van der Waals surface area contributed by atoms with Gasteiger partial charge in [0.2, 0.25) is 0 Å². The monoisotopic (exact) mass is 399 g/mol. The van der Waals surface area contributed by atoms with Crippen LogP contribution in [0.4, 0.5) is 11.4 Å². The van der Waals surface area contributed by atoms with Crippen molar-refractivity contribution in [3.8, 4) is 0 Å². The molecule has 1 aromatic rings. The van der Waals surface area contributed by atoms with Gasteiger partial charge in [-0.1, -0.05) is 6.42 Å². The normalized spacial score (nSPS) is 33.7. The van der Waals surface area contributed by atoms with Crippen molar-refractivity contribution in [2.45, 2.75) is 70.9 Å². The third-order valence-corrected chi connectivity index (χ3v) is 7.91. The van der Waals surface area contributed by atoms with E-state index in [0.29, 0.717) is 5.92 Å². The first-order chi connectivity index (χ1) is 13.9. The Morgan fingerprint density at radius 3 is 2.52 bits per heavy atom. The second-order valence-corrected chi connectivity index (χ2v) is 9.78. The number of nitrogens with zero attached hydrogens (tertiary/aromatic N) is 2. The molecular weight excluding hydrogens is 362 g/mol. The summed E-state index contributed by atoms with van der Waals surface area (Å²) in [6.07, 6.45) is 8.65. The third kappa shape index (κ3) is 4.40. The molecule has 3 unspecified atom stereocenters. The molecular formula is C24H37N3O2. The third-order valence-electron chi connectivity index (χ3n) is 7.91. The molecule has 5 atom stereocenters. The number of carboxylic acid groups (broad SMARTS) is 1. The molecule has 2 saturated heterocycles. The van der Waals surface area contributed by atoms with Crippen molar-refractivity contribution >= 4 is 17.3 Å². The van der Waals surface area contributed by atoms with Crippen LogP contribution in [0.5, 0.6) is 0 Å². The molecule has 0 amide bonds. The fourth-order valence-electron chi connectivity index (χ4n) is 6.15. The molecule has 2 bridgehead atoms. The van der Waals surface area contributed by atoms with Gasteiger partial charge in [-0.2, -0.15) is 0 Å². The first kappa shape index (κ1) is 20.5. The van der Waals surface area contributed by atoms with Gasteiger partial charge >= 0.3 is 5.97 Å². The number of nitrogens with two attached hydrogens (primary N) is 1. The van der Waals surface area contributed by atoms with Crippen LogP contribution in [0.25, 0.3) is 0 Å². The maximum atomic E-state index is 10.6. The van der Waals surface area contributed by atoms with Crippen molar-refractivity contribution < 1.29 is 9.90 Å². The highest BCUT2D eigenvalue weighted by molar-refractivity contribution is 5.71. The lowest BCUT2D eigenvalue weighted by Gasteiger charge is -2.28. The number of likely N-dealkylation sites (tertiary alicyclic amines) is 1. The van der Waals surface area contributed by atoms with Crippen molar-refractivity contribution in [1.29, 1.82) is 0 Å². The van der Waals surface area contributed by atoms with Crippen molar-refractivity contribution in [3.63, 3.8) is 0 Å². The van der Waals surface area contributed by atoms with Gasteiger partial charge in [-0.25, -0.2) is 0 Å². The van der Waals surface area contributed by atoms with Crippen LogP contribution in [0, 0.1) is 24.7 Å². The SMILES string of the molecule is Cc1cc(N2CCC(N3CCCC3C)C2)ccc1N.O=C(O)C1C[C@@H]2CC[C@H]1C2. The molecule has 3 N–H and O–H groups in total. The van der Waals surface area contributed by atoms with Crippen LogP contribution in [0.3, 0.4) is 0 Å². The number of carboxylic acids is 1. The summed E-state index contributed by atoms with van der Waals surface area (Å²) in [5.74, 6) is 0.736. The summed E-state index contributed by atoms with van der Waals surface area (Å²) in [5.41, 5.74) is 9.33. The van der Waals surface area contributed by atoms with Gasteiger partial charge in [0, 0.05) is 36.5 Å². The van der Waals surface area contributed by atoms with Crippen LogP contribution in [-0.4, -0.2) is 47.7 Å². The van der Waals surface area contributed by atoms with Crippen LogP contribution >= 0.6 is 0 Å². The van der Waals surface area contributed by atoms with Crippen molar-refractivity contribution in [2.75, 3.05) is 30.3 Å². The summed E-state index contributed by atoms with van der Waals surface area (Å²) in [6.45, 7) is 8.11. The minimum absolute atomic E-state index is 0.0127. The molecule has 5 rings (SSSR count). The van der Waals surface area contributed by atoms with E-state index in [1.807, 2.05) is 6.07 Å². The van der Waals surface area contributed by atoms with Gasteiger partial charge in [0.1, 0.15) is 0 Å². The Balaban J connectivity index is 0.000000171. The van der Waals surface area contributed by atoms with E-state index >= 15 is 0 Å². The Kier molecular flexibility index (Phi) is 6.05. The second kappa shape index (κ2) is 8.55. The van der Waals surface area contributed by atoms with Crippen LogP contribution in [-0.2, 0) is 4.79 Å². The predicted octanol–water partition coefficient (Wildman–Crippen LogP) is 4.15. The van der Waals surface area contributed by atoms with Gasteiger partial charge in [-0.05, 0) is 94.5 Å². The van der Waals surface area contributed by atoms with Crippen molar-refractivity contribution in [1.82, 2.24) is 4.90 Å². The molecule has 2 aliphatic carbocycles. The standard InChI is InChI=1S/C16H25N3.C8H12O2/c1-12-10-14(5-6-16(12)17)18-9-7-15(11-18)19-8-3-4-13(19)2;9-8(10)7-4-5-1-2-6(7)3-5/h5-6,10,13,15H,3-4,7-9,11,17H2,1-2H3;5-7H,1-4H2,(H,9,10)/t;5-,6+,7?/m.1/s1. The molecule has 0 aromatic heterocycles. The Morgan fingerprint density at radius 2 is 1.97 bits per heavy atom. The Bertz CT molecular complexity index is 737. The zero-order chi connectivity index (χ0) is 20.5. The van der Waals surface area contributed by atoms with Gasteiger partial charge in [-0.3, -0.25) is 9.69 Å². The van der Waals surface area contributed by atoms with E-state index in [0.717, 1.165) is 30.1 Å². The summed E-state index contributed by atoms with van der Waals surface area (Å²) in [7, 11) is 0. The molecule has 160 valence electrons. The molecule has 29 heavy (non-hydrogen) atoms. The highest BCUT2D eigenvalue weighted by Gasteiger charge is 2.43. The molecule has 4 fully saturated rings. The second-order valence-electron chi connectivity index (χ2n) is 9.78. The topological polar surface area (TPSA) is 69.8 Å². The zero-order valence-electron chi connectivity index (χ0n) is 18.0. The molecule has 2 heterocycles. The smallest absolute Gasteiger partial charge is 0.306 e. The van der Waals surface area contributed by atoms with Crippen LogP contribution in [0.2, 0.25) is 0 Å². The minimum Gasteiger partial charge on any atom is -0.481 e. The van der Waals surface area contributed by atoms with Crippen molar-refractivity contribution in [3.05, 3.63) is 23.8 Å². The van der Waals surface area contributed by atoms with E-state index in [1.165, 1.54) is 69.4 Å². The van der Waals surface area contributed by atoms with Gasteiger partial charge in [0.25, 0.3) is 0 Å². The number of hydrogen-bond donors (Lipinski definition) is 2. The Morgan fingerprint density at radius 1 is 1.14 bits per heavy atom. The summed E-state index contributed by atoms with van der Waals surface area (Å²) >= 11 is 0. The lowest BCUT2D eigenvalue weighted by Crippen LogP contribution is -2.39. The van der Waals surface area contributed by atoms with Crippen LogP contribution < -0.4 is 10.6 Å². The number of aliphatic carboxylic acids is 1. The van der Waals surface area contributed by atoms with Gasteiger partial charge in [-0.15, -0.1) is 0 Å². The summed E-state index contributed by atoms with van der Waals surface area (Å²) in [5, 5.41) is 8.74. The number of rotatable bonds is 3. The van der Waals surface area contributed by atoms with E-state index in [4.69, 9.17) is 10.8 Å². The Hall–Kier alpha value is -1.75. The quantitative estimate of drug-likeness (QED) is 0.747. The number of carbonyl (C=O) groups is 1.